The standard InChI is InChI=1S/C17H18F4N8O/c1-28-8-12(14(27-28)17(19,20)21)25-16(30)11-7-23-29-3-2-13(26-15(11)29)24-10-4-9(18)5-22-6-10/h2-3,7-10,22H,4-6H2,1H3,(H,24,26)(H,25,30)/t9-,10+/m1/s1. The third kappa shape index (κ3) is 4.06. The van der Waals surface area contributed by atoms with Crippen molar-refractivity contribution in [2.75, 3.05) is 23.7 Å². The zero-order chi connectivity index (χ0) is 21.5. The van der Waals surface area contributed by atoms with Crippen LogP contribution < -0.4 is 16.0 Å². The Balaban J connectivity index is 1.58. The van der Waals surface area contributed by atoms with Crippen LogP contribution in [0.3, 0.4) is 0 Å². The van der Waals surface area contributed by atoms with Gasteiger partial charge in [-0.05, 0) is 6.07 Å². The fourth-order valence-electron chi connectivity index (χ4n) is 3.30. The largest absolute Gasteiger partial charge is 0.437 e. The molecule has 0 saturated carbocycles. The van der Waals surface area contributed by atoms with Crippen LogP contribution in [0.5, 0.6) is 0 Å². The van der Waals surface area contributed by atoms with Crippen molar-refractivity contribution < 1.29 is 22.4 Å². The summed E-state index contributed by atoms with van der Waals surface area (Å²) in [6.07, 6.45) is -1.55. The maximum absolute atomic E-state index is 13.6. The minimum absolute atomic E-state index is 0.0132. The summed E-state index contributed by atoms with van der Waals surface area (Å²) in [6, 6.07) is 1.43. The lowest BCUT2D eigenvalue weighted by Gasteiger charge is -2.26. The number of amides is 1. The summed E-state index contributed by atoms with van der Waals surface area (Å²) in [6.45, 7) is 0.854. The van der Waals surface area contributed by atoms with E-state index in [0.717, 1.165) is 10.9 Å². The molecular weight excluding hydrogens is 408 g/mol. The Hall–Kier alpha value is -3.22. The van der Waals surface area contributed by atoms with E-state index < -0.39 is 29.6 Å². The topological polar surface area (TPSA) is 101 Å². The number of carbonyl (C=O) groups excluding carboxylic acids is 1. The summed E-state index contributed by atoms with van der Waals surface area (Å²) in [5.41, 5.74) is -1.53. The Morgan fingerprint density at radius 2 is 2.13 bits per heavy atom. The van der Waals surface area contributed by atoms with Gasteiger partial charge in [0.25, 0.3) is 5.91 Å². The molecule has 0 radical (unpaired) electrons. The van der Waals surface area contributed by atoms with Crippen molar-refractivity contribution in [2.24, 2.45) is 7.05 Å². The monoisotopic (exact) mass is 426 g/mol. The molecule has 1 aliphatic rings. The molecule has 0 aromatic carbocycles. The predicted molar refractivity (Wildman–Crippen MR) is 98.9 cm³/mol. The number of alkyl halides is 4. The number of halogens is 4. The molecule has 4 rings (SSSR count). The Morgan fingerprint density at radius 1 is 1.33 bits per heavy atom. The number of aromatic nitrogens is 5. The second kappa shape index (κ2) is 7.55. The van der Waals surface area contributed by atoms with Crippen LogP contribution in [0, 0.1) is 0 Å². The van der Waals surface area contributed by atoms with E-state index in [9.17, 15) is 22.4 Å². The Kier molecular flexibility index (Phi) is 5.05. The van der Waals surface area contributed by atoms with E-state index in [2.05, 4.69) is 31.1 Å². The minimum Gasteiger partial charge on any atom is -0.366 e. The van der Waals surface area contributed by atoms with Crippen molar-refractivity contribution in [1.82, 2.24) is 29.7 Å². The number of hydrogen-bond donors (Lipinski definition) is 3. The highest BCUT2D eigenvalue weighted by Crippen LogP contribution is 2.33. The van der Waals surface area contributed by atoms with E-state index in [1.165, 1.54) is 17.8 Å². The van der Waals surface area contributed by atoms with Crippen LogP contribution in [-0.2, 0) is 13.2 Å². The Bertz CT molecular complexity index is 1080. The van der Waals surface area contributed by atoms with Gasteiger partial charge in [-0.25, -0.2) is 13.9 Å². The predicted octanol–water partition coefficient (Wildman–Crippen LogP) is 1.85. The number of rotatable bonds is 4. The molecule has 160 valence electrons. The Labute approximate surface area is 167 Å². The number of aryl methyl sites for hydroxylation is 1. The number of nitrogens with one attached hydrogen (secondary N) is 3. The quantitative estimate of drug-likeness (QED) is 0.551. The summed E-state index contributed by atoms with van der Waals surface area (Å²) in [5, 5.41) is 15.6. The molecule has 1 aliphatic heterocycles. The van der Waals surface area contributed by atoms with Gasteiger partial charge in [0, 0.05) is 45.0 Å². The van der Waals surface area contributed by atoms with Gasteiger partial charge in [0.1, 0.15) is 17.6 Å². The number of anilines is 2. The Morgan fingerprint density at radius 3 is 2.87 bits per heavy atom. The molecule has 4 heterocycles. The van der Waals surface area contributed by atoms with Crippen LogP contribution in [0.15, 0.2) is 24.7 Å². The van der Waals surface area contributed by atoms with E-state index in [4.69, 9.17) is 0 Å². The molecule has 13 heteroatoms. The first kappa shape index (κ1) is 20.1. The number of nitrogens with zero attached hydrogens (tertiary/aromatic N) is 5. The first-order chi connectivity index (χ1) is 14.2. The maximum atomic E-state index is 13.6. The van der Waals surface area contributed by atoms with Crippen LogP contribution in [0.4, 0.5) is 29.1 Å². The van der Waals surface area contributed by atoms with Gasteiger partial charge in [-0.3, -0.25) is 9.48 Å². The van der Waals surface area contributed by atoms with Crippen molar-refractivity contribution in [3.05, 3.63) is 35.9 Å². The zero-order valence-electron chi connectivity index (χ0n) is 15.7. The summed E-state index contributed by atoms with van der Waals surface area (Å²) in [5.74, 6) is -0.411. The average Bonchev–Trinajstić information content (AvgIpc) is 3.24. The second-order valence-electron chi connectivity index (χ2n) is 6.99. The summed E-state index contributed by atoms with van der Waals surface area (Å²) in [7, 11) is 1.32. The molecule has 2 atom stereocenters. The molecule has 9 nitrogen and oxygen atoms in total. The molecule has 3 aromatic heterocycles. The van der Waals surface area contributed by atoms with Gasteiger partial charge < -0.3 is 16.0 Å². The number of carbonyl (C=O) groups is 1. The third-order valence-electron chi connectivity index (χ3n) is 4.61. The van der Waals surface area contributed by atoms with Gasteiger partial charge in [-0.15, -0.1) is 0 Å². The van der Waals surface area contributed by atoms with Crippen LogP contribution in [0.1, 0.15) is 22.5 Å². The zero-order valence-corrected chi connectivity index (χ0v) is 15.7. The van der Waals surface area contributed by atoms with E-state index in [0.29, 0.717) is 25.3 Å². The van der Waals surface area contributed by atoms with Crippen LogP contribution >= 0.6 is 0 Å². The van der Waals surface area contributed by atoms with E-state index in [1.807, 2.05) is 0 Å². The molecule has 3 N–H and O–H groups in total. The SMILES string of the molecule is Cn1cc(NC(=O)c2cnn3ccc(N[C@@H]4CNC[C@H](F)C4)nc23)c(C(F)(F)F)n1. The summed E-state index contributed by atoms with van der Waals surface area (Å²) >= 11 is 0. The van der Waals surface area contributed by atoms with E-state index in [-0.39, 0.29) is 17.3 Å². The molecule has 1 saturated heterocycles. The highest BCUT2D eigenvalue weighted by molar-refractivity contribution is 6.08. The normalized spacial score (nSPS) is 19.8. The molecule has 0 unspecified atom stereocenters. The first-order valence-corrected chi connectivity index (χ1v) is 9.08. The third-order valence-corrected chi connectivity index (χ3v) is 4.61. The average molecular weight is 426 g/mol. The van der Waals surface area contributed by atoms with Gasteiger partial charge >= 0.3 is 6.18 Å². The molecular formula is C17H18F4N8O. The molecule has 1 fully saturated rings. The molecule has 0 bridgehead atoms. The fraction of sp³-hybridized carbons (Fsp3) is 0.412. The second-order valence-corrected chi connectivity index (χ2v) is 6.99. The molecule has 3 aromatic rings. The number of hydrogen-bond acceptors (Lipinski definition) is 6. The lowest BCUT2D eigenvalue weighted by atomic mass is 10.1. The molecule has 0 spiro atoms. The highest BCUT2D eigenvalue weighted by atomic mass is 19.4. The van der Waals surface area contributed by atoms with Gasteiger partial charge in [0.05, 0.1) is 11.9 Å². The van der Waals surface area contributed by atoms with Crippen molar-refractivity contribution in [3.63, 3.8) is 0 Å². The molecule has 1 amide bonds. The fourth-order valence-corrected chi connectivity index (χ4v) is 3.30. The van der Waals surface area contributed by atoms with Crippen molar-refractivity contribution in [3.8, 4) is 0 Å². The van der Waals surface area contributed by atoms with Crippen molar-refractivity contribution in [1.29, 1.82) is 0 Å². The van der Waals surface area contributed by atoms with E-state index in [1.54, 1.807) is 12.3 Å². The van der Waals surface area contributed by atoms with Crippen molar-refractivity contribution >= 4 is 23.1 Å². The maximum Gasteiger partial charge on any atom is 0.437 e. The van der Waals surface area contributed by atoms with Gasteiger partial charge in [-0.1, -0.05) is 0 Å². The minimum atomic E-state index is -4.72. The molecule has 30 heavy (non-hydrogen) atoms. The van der Waals surface area contributed by atoms with Crippen LogP contribution in [0.2, 0.25) is 0 Å². The van der Waals surface area contributed by atoms with Crippen LogP contribution in [-0.4, -0.2) is 55.6 Å². The highest BCUT2D eigenvalue weighted by Gasteiger charge is 2.38. The first-order valence-electron chi connectivity index (χ1n) is 9.08. The lowest BCUT2D eigenvalue weighted by Crippen LogP contribution is -2.44. The smallest absolute Gasteiger partial charge is 0.366 e. The molecule has 0 aliphatic carbocycles. The summed E-state index contributed by atoms with van der Waals surface area (Å²) in [4.78, 5) is 17.0. The number of fused-ring (bicyclic) bond motifs is 1. The van der Waals surface area contributed by atoms with Gasteiger partial charge in [0.15, 0.2) is 11.3 Å². The van der Waals surface area contributed by atoms with Crippen LogP contribution in [0.25, 0.3) is 5.65 Å². The summed E-state index contributed by atoms with van der Waals surface area (Å²) < 4.78 is 55.2. The van der Waals surface area contributed by atoms with Gasteiger partial charge in [-0.2, -0.15) is 23.4 Å². The number of piperidine rings is 1. The lowest BCUT2D eigenvalue weighted by molar-refractivity contribution is -0.140. The van der Waals surface area contributed by atoms with E-state index >= 15 is 0 Å². The van der Waals surface area contributed by atoms with Crippen molar-refractivity contribution in [2.45, 2.75) is 24.8 Å². The van der Waals surface area contributed by atoms with Gasteiger partial charge in [0.2, 0.25) is 0 Å².